The van der Waals surface area contributed by atoms with Crippen molar-refractivity contribution in [2.75, 3.05) is 27.4 Å². The fraction of sp³-hybridized carbons (Fsp3) is 0.658. The van der Waals surface area contributed by atoms with Crippen LogP contribution in [0, 0.1) is 17.7 Å². The maximum absolute atomic E-state index is 14.9. The Bertz CT molecular complexity index is 1900. The molecule has 3 N–H and O–H groups in total. The van der Waals surface area contributed by atoms with Gasteiger partial charge in [-0.25, -0.2) is 22.6 Å². The largest absolute Gasteiger partial charge is 0.494 e. The van der Waals surface area contributed by atoms with Gasteiger partial charge in [-0.05, 0) is 82.4 Å². The van der Waals surface area contributed by atoms with Crippen LogP contribution in [0.15, 0.2) is 24.4 Å². The zero-order chi connectivity index (χ0) is 39.7. The number of hydrogen-bond acceptors (Lipinski definition) is 11. The van der Waals surface area contributed by atoms with Crippen molar-refractivity contribution in [2.45, 2.75) is 120 Å². The van der Waals surface area contributed by atoms with Gasteiger partial charge in [-0.3, -0.25) is 19.1 Å². The smallest absolute Gasteiger partial charge is 0.408 e. The molecule has 0 bridgehead atoms. The molecule has 6 atom stereocenters. The van der Waals surface area contributed by atoms with Gasteiger partial charge < -0.3 is 34.5 Å². The lowest BCUT2D eigenvalue weighted by molar-refractivity contribution is -0.142. The minimum atomic E-state index is -3.91. The summed E-state index contributed by atoms with van der Waals surface area (Å²) in [6.45, 7) is 5.12. The number of carbonyl (C=O) groups is 4. The van der Waals surface area contributed by atoms with Crippen LogP contribution in [0.4, 0.5) is 9.18 Å². The van der Waals surface area contributed by atoms with Crippen LogP contribution < -0.4 is 24.8 Å². The molecule has 2 aliphatic heterocycles. The second-order valence-electron chi connectivity index (χ2n) is 16.2. The Morgan fingerprint density at radius 2 is 1.80 bits per heavy atom. The number of alkyl carbamates (subject to hydrolysis) is 1. The summed E-state index contributed by atoms with van der Waals surface area (Å²) in [5.41, 5.74) is -2.34. The van der Waals surface area contributed by atoms with Gasteiger partial charge in [-0.2, -0.15) is 0 Å². The number of halogens is 1. The highest BCUT2D eigenvalue weighted by molar-refractivity contribution is 7.91. The van der Waals surface area contributed by atoms with Crippen molar-refractivity contribution in [2.24, 2.45) is 11.8 Å². The van der Waals surface area contributed by atoms with Crippen LogP contribution in [-0.4, -0.2) is 104 Å². The molecule has 6 rings (SSSR count). The van der Waals surface area contributed by atoms with E-state index in [-0.39, 0.29) is 43.5 Å². The van der Waals surface area contributed by atoms with E-state index in [0.717, 1.165) is 19.3 Å². The number of pyridine rings is 1. The molecule has 2 saturated carbocycles. The first-order valence-electron chi connectivity index (χ1n) is 19.0. The van der Waals surface area contributed by atoms with Crippen molar-refractivity contribution in [1.82, 2.24) is 25.2 Å². The summed E-state index contributed by atoms with van der Waals surface area (Å²) >= 11 is 0. The molecule has 1 aromatic carbocycles. The van der Waals surface area contributed by atoms with Gasteiger partial charge in [0.2, 0.25) is 27.7 Å². The molecule has 0 radical (unpaired) electrons. The zero-order valence-corrected chi connectivity index (χ0v) is 32.8. The minimum Gasteiger partial charge on any atom is -0.494 e. The van der Waals surface area contributed by atoms with Crippen LogP contribution in [-0.2, 0) is 33.9 Å². The highest BCUT2D eigenvalue weighted by Gasteiger charge is 2.62. The number of sulfonamides is 1. The van der Waals surface area contributed by atoms with E-state index in [0.29, 0.717) is 42.9 Å². The number of carbonyl (C=O) groups excluding carboxylic acids is 4. The molecule has 2 aromatic rings. The maximum Gasteiger partial charge on any atom is 0.408 e. The quantitative estimate of drug-likeness (QED) is 0.336. The van der Waals surface area contributed by atoms with Gasteiger partial charge in [-0.15, -0.1) is 0 Å². The minimum absolute atomic E-state index is 0.0362. The van der Waals surface area contributed by atoms with Crippen LogP contribution in [0.3, 0.4) is 0 Å². The Kier molecular flexibility index (Phi) is 11.8. The van der Waals surface area contributed by atoms with Gasteiger partial charge in [0.15, 0.2) is 11.6 Å². The number of hydrogen-bond donors (Lipinski definition) is 3. The average molecular weight is 790 g/mol. The molecule has 2 aliphatic carbocycles. The van der Waals surface area contributed by atoms with Gasteiger partial charge in [0.05, 0.1) is 25.5 Å². The van der Waals surface area contributed by atoms with Crippen molar-refractivity contribution in [3.8, 4) is 11.6 Å². The van der Waals surface area contributed by atoms with E-state index in [2.05, 4.69) is 20.3 Å². The van der Waals surface area contributed by atoms with Crippen molar-refractivity contribution in [3.05, 3.63) is 30.2 Å². The predicted molar refractivity (Wildman–Crippen MR) is 198 cm³/mol. The van der Waals surface area contributed by atoms with Crippen LogP contribution in [0.25, 0.3) is 10.8 Å². The number of aromatic nitrogens is 1. The lowest BCUT2D eigenvalue weighted by Gasteiger charge is -2.33. The average Bonchev–Trinajstić information content (AvgIpc) is 4.04. The van der Waals surface area contributed by atoms with Gasteiger partial charge in [0.1, 0.15) is 29.3 Å². The standard InChI is InChI=1S/C38H52FN5O10S/c1-37(2,3)54-36(48)41-31-23(21-51-4)10-8-6-7-9-11-24-19-38(24,35(47)43-55(49,50)26-12-13-26)42-32(45)29-17-25(20-44(29)34(31)46)53-33-27-18-28(39)30(52-5)16-22(27)14-15-40-33/h14-16,18,23-26,29,31H,6-13,17,19-21H2,1-5H3,(H,41,48)(H,42,45)(H,43,47)/t23-,24-,25+,29-,31-,38+/m0/s1. The molecular formula is C38H52FN5O10S. The number of fused-ring (bicyclic) bond motifs is 3. The van der Waals surface area contributed by atoms with Crippen molar-refractivity contribution >= 4 is 44.6 Å². The van der Waals surface area contributed by atoms with Crippen LogP contribution >= 0.6 is 0 Å². The fourth-order valence-corrected chi connectivity index (χ4v) is 9.15. The topological polar surface area (TPSA) is 192 Å². The summed E-state index contributed by atoms with van der Waals surface area (Å²) in [6, 6.07) is 2.05. The van der Waals surface area contributed by atoms with E-state index >= 15 is 0 Å². The monoisotopic (exact) mass is 789 g/mol. The molecule has 17 heteroatoms. The molecule has 2 saturated heterocycles. The van der Waals surface area contributed by atoms with Gasteiger partial charge in [0.25, 0.3) is 5.91 Å². The van der Waals surface area contributed by atoms with E-state index in [1.807, 2.05) is 0 Å². The zero-order valence-electron chi connectivity index (χ0n) is 32.0. The number of rotatable bonds is 9. The molecule has 55 heavy (non-hydrogen) atoms. The van der Waals surface area contributed by atoms with Crippen molar-refractivity contribution < 1.29 is 50.9 Å². The molecule has 3 heterocycles. The Morgan fingerprint density at radius 3 is 2.47 bits per heavy atom. The molecule has 4 aliphatic rings. The fourth-order valence-electron chi connectivity index (χ4n) is 7.79. The Labute approximate surface area is 320 Å². The summed E-state index contributed by atoms with van der Waals surface area (Å²) in [5.74, 6) is -3.36. The number of benzene rings is 1. The Morgan fingerprint density at radius 1 is 1.07 bits per heavy atom. The SMILES string of the molecule is COC[C@@H]1CCCCCC[C@H]2C[C@@]2(C(=O)NS(=O)(=O)C2CC2)NC(=O)[C@@H]2C[C@@H](Oc3nccc4cc(OC)c(F)cc34)CN2C(=O)[C@H]1NC(=O)OC(C)(C)C. The first-order chi connectivity index (χ1) is 26.0. The molecule has 4 amide bonds. The van der Waals surface area contributed by atoms with E-state index in [9.17, 15) is 32.0 Å². The first kappa shape index (κ1) is 40.4. The Hall–Kier alpha value is -4.25. The third-order valence-electron chi connectivity index (χ3n) is 10.8. The predicted octanol–water partition coefficient (Wildman–Crippen LogP) is 3.72. The van der Waals surface area contributed by atoms with E-state index < -0.39 is 80.2 Å². The molecule has 302 valence electrons. The summed E-state index contributed by atoms with van der Waals surface area (Å²) < 4.78 is 65.4. The third-order valence-corrected chi connectivity index (χ3v) is 12.7. The van der Waals surface area contributed by atoms with Crippen molar-refractivity contribution in [3.63, 3.8) is 0 Å². The summed E-state index contributed by atoms with van der Waals surface area (Å²) in [6.07, 6.45) is 5.14. The van der Waals surface area contributed by atoms with E-state index in [1.165, 1.54) is 37.4 Å². The maximum atomic E-state index is 14.9. The molecule has 4 fully saturated rings. The van der Waals surface area contributed by atoms with E-state index in [4.69, 9.17) is 18.9 Å². The number of methoxy groups -OCH3 is 2. The number of nitrogens with one attached hydrogen (secondary N) is 3. The number of nitrogens with zero attached hydrogens (tertiary/aromatic N) is 2. The highest BCUT2D eigenvalue weighted by Crippen LogP contribution is 2.48. The molecular weight excluding hydrogens is 738 g/mol. The summed E-state index contributed by atoms with van der Waals surface area (Å²) in [7, 11) is -1.04. The van der Waals surface area contributed by atoms with Gasteiger partial charge in [-0.1, -0.05) is 25.7 Å². The second-order valence-corrected chi connectivity index (χ2v) is 18.1. The molecule has 0 spiro atoms. The second kappa shape index (κ2) is 16.1. The number of amides is 4. The summed E-state index contributed by atoms with van der Waals surface area (Å²) in [5, 5.41) is 5.95. The van der Waals surface area contributed by atoms with Gasteiger partial charge >= 0.3 is 6.09 Å². The van der Waals surface area contributed by atoms with Crippen LogP contribution in [0.5, 0.6) is 11.6 Å². The summed E-state index contributed by atoms with van der Waals surface area (Å²) in [4.78, 5) is 62.0. The van der Waals surface area contributed by atoms with Crippen LogP contribution in [0.1, 0.15) is 85.0 Å². The van der Waals surface area contributed by atoms with Crippen molar-refractivity contribution in [1.29, 1.82) is 0 Å². The molecule has 1 aromatic heterocycles. The number of ether oxygens (including phenoxy) is 4. The third kappa shape index (κ3) is 9.25. The lowest BCUT2D eigenvalue weighted by atomic mass is 9.92. The highest BCUT2D eigenvalue weighted by atomic mass is 32.2. The van der Waals surface area contributed by atoms with Crippen LogP contribution in [0.2, 0.25) is 0 Å². The first-order valence-corrected chi connectivity index (χ1v) is 20.6. The Balaban J connectivity index is 1.35. The normalized spacial score (nSPS) is 27.8. The van der Waals surface area contributed by atoms with Gasteiger partial charge in [0, 0.05) is 31.0 Å². The lowest BCUT2D eigenvalue weighted by Crippen LogP contribution is -2.59. The molecule has 0 unspecified atom stereocenters. The van der Waals surface area contributed by atoms with E-state index in [1.54, 1.807) is 26.8 Å². The molecule has 15 nitrogen and oxygen atoms in total.